The molecule has 0 saturated carbocycles. The second-order valence-electron chi connectivity index (χ2n) is 2.76. The lowest BCUT2D eigenvalue weighted by Gasteiger charge is -2.31. The molecule has 0 bridgehead atoms. The van der Waals surface area contributed by atoms with E-state index in [1.807, 2.05) is 6.92 Å². The summed E-state index contributed by atoms with van der Waals surface area (Å²) in [6.07, 6.45) is 0.154. The summed E-state index contributed by atoms with van der Waals surface area (Å²) >= 11 is 0. The first-order valence-corrected chi connectivity index (χ1v) is 4.23. The average Bonchev–Trinajstić information content (AvgIpc) is 2.21. The summed E-state index contributed by atoms with van der Waals surface area (Å²) < 4.78 is 10.0. The number of hydrogen-bond acceptors (Lipinski definition) is 5. The predicted molar refractivity (Wildman–Crippen MR) is 59.6 cm³/mol. The fourth-order valence-corrected chi connectivity index (χ4v) is 0.855. The van der Waals surface area contributed by atoms with Gasteiger partial charge in [0.2, 0.25) is 5.79 Å². The Bertz CT molecular complexity index is 113. The maximum atomic E-state index is 8.92. The monoisotopic (exact) mass is 226 g/mol. The van der Waals surface area contributed by atoms with E-state index < -0.39 is 25.1 Å². The number of rotatable bonds is 7. The molecular formula is C10H26O5. The molecule has 0 aromatic carbocycles. The molecule has 5 nitrogen and oxygen atoms in total. The molecule has 1 atom stereocenters. The molecular weight excluding hydrogens is 200 g/mol. The Morgan fingerprint density at radius 2 is 1.60 bits per heavy atom. The summed E-state index contributed by atoms with van der Waals surface area (Å²) in [5.41, 5.74) is 0. The highest BCUT2D eigenvalue weighted by molar-refractivity contribution is 4.69. The third-order valence-corrected chi connectivity index (χ3v) is 1.89. The first-order chi connectivity index (χ1) is 6.17. The van der Waals surface area contributed by atoms with Crippen LogP contribution in [0.1, 0.15) is 28.2 Å². The van der Waals surface area contributed by atoms with Crippen LogP contribution in [-0.4, -0.2) is 54.1 Å². The van der Waals surface area contributed by atoms with Gasteiger partial charge in [-0.15, -0.1) is 0 Å². The predicted octanol–water partition coefficient (Wildman–Crippen LogP) is 0.373. The first kappa shape index (κ1) is 20.2. The van der Waals surface area contributed by atoms with Gasteiger partial charge in [-0.3, -0.25) is 0 Å². The molecule has 1 unspecified atom stereocenters. The van der Waals surface area contributed by atoms with Crippen molar-refractivity contribution in [2.45, 2.75) is 40.1 Å². The van der Waals surface area contributed by atoms with Gasteiger partial charge in [0.05, 0.1) is 25.9 Å². The van der Waals surface area contributed by atoms with Gasteiger partial charge in [-0.1, -0.05) is 21.8 Å². The number of aliphatic hydroxyl groups excluding tert-OH is 3. The summed E-state index contributed by atoms with van der Waals surface area (Å²) in [4.78, 5) is 0. The lowest BCUT2D eigenvalue weighted by atomic mass is 10.2. The number of ether oxygens (including phenoxy) is 2. The standard InChI is InChI=1S/C8H18O5.2CH4/c1-3-7(4-9)13-8(5-10,6-11)12-2;;/h7,9-11H,3-6H2,1-2H3;2*1H4. The van der Waals surface area contributed by atoms with Crippen molar-refractivity contribution >= 4 is 0 Å². The van der Waals surface area contributed by atoms with E-state index in [0.29, 0.717) is 6.42 Å². The zero-order valence-electron chi connectivity index (χ0n) is 8.06. The Labute approximate surface area is 92.6 Å². The summed E-state index contributed by atoms with van der Waals surface area (Å²) in [7, 11) is 1.33. The molecule has 0 amide bonds. The molecule has 3 N–H and O–H groups in total. The van der Waals surface area contributed by atoms with Gasteiger partial charge in [0, 0.05) is 7.11 Å². The topological polar surface area (TPSA) is 79.2 Å². The molecule has 0 aliphatic heterocycles. The fourth-order valence-electron chi connectivity index (χ4n) is 0.855. The van der Waals surface area contributed by atoms with Crippen molar-refractivity contribution in [2.75, 3.05) is 26.9 Å². The summed E-state index contributed by atoms with van der Waals surface area (Å²) in [6, 6.07) is 0. The van der Waals surface area contributed by atoms with Crippen LogP contribution in [0.25, 0.3) is 0 Å². The molecule has 0 aromatic heterocycles. The van der Waals surface area contributed by atoms with Crippen LogP contribution in [0.15, 0.2) is 0 Å². The second-order valence-corrected chi connectivity index (χ2v) is 2.76. The Morgan fingerprint density at radius 1 is 1.13 bits per heavy atom. The van der Waals surface area contributed by atoms with E-state index in [9.17, 15) is 0 Å². The van der Waals surface area contributed by atoms with Crippen LogP contribution in [0, 0.1) is 0 Å². The van der Waals surface area contributed by atoms with E-state index in [1.165, 1.54) is 7.11 Å². The molecule has 0 rings (SSSR count). The Balaban J connectivity index is -0.000000720. The maximum Gasteiger partial charge on any atom is 0.215 e. The minimum atomic E-state index is -1.40. The Kier molecular flexibility index (Phi) is 13.9. The molecule has 0 radical (unpaired) electrons. The minimum absolute atomic E-state index is 0. The molecule has 0 heterocycles. The molecule has 0 saturated heterocycles. The van der Waals surface area contributed by atoms with Gasteiger partial charge in [-0.05, 0) is 6.42 Å². The largest absolute Gasteiger partial charge is 0.394 e. The van der Waals surface area contributed by atoms with E-state index >= 15 is 0 Å². The Morgan fingerprint density at radius 3 is 1.80 bits per heavy atom. The highest BCUT2D eigenvalue weighted by Crippen LogP contribution is 2.15. The fraction of sp³-hybridized carbons (Fsp3) is 1.00. The molecule has 5 heteroatoms. The number of hydrogen-bond donors (Lipinski definition) is 3. The van der Waals surface area contributed by atoms with Crippen LogP contribution in [0.2, 0.25) is 0 Å². The normalized spacial score (nSPS) is 12.6. The zero-order chi connectivity index (χ0) is 10.3. The first-order valence-electron chi connectivity index (χ1n) is 4.23. The van der Waals surface area contributed by atoms with Crippen LogP contribution in [-0.2, 0) is 9.47 Å². The Hall–Kier alpha value is -0.200. The zero-order valence-corrected chi connectivity index (χ0v) is 8.06. The molecule has 0 spiro atoms. The van der Waals surface area contributed by atoms with Crippen molar-refractivity contribution < 1.29 is 24.8 Å². The van der Waals surface area contributed by atoms with Crippen LogP contribution < -0.4 is 0 Å². The molecule has 0 fully saturated rings. The van der Waals surface area contributed by atoms with Crippen LogP contribution in [0.5, 0.6) is 0 Å². The highest BCUT2D eigenvalue weighted by Gasteiger charge is 2.32. The maximum absolute atomic E-state index is 8.92. The van der Waals surface area contributed by atoms with Crippen LogP contribution in [0.3, 0.4) is 0 Å². The molecule has 0 aromatic rings. The third kappa shape index (κ3) is 6.06. The molecule has 96 valence electrons. The van der Waals surface area contributed by atoms with Crippen LogP contribution in [0.4, 0.5) is 0 Å². The number of aliphatic hydroxyl groups is 3. The third-order valence-electron chi connectivity index (χ3n) is 1.89. The summed E-state index contributed by atoms with van der Waals surface area (Å²) in [6.45, 7) is 0.769. The molecule has 0 aliphatic carbocycles. The summed E-state index contributed by atoms with van der Waals surface area (Å²) in [5, 5.41) is 26.7. The number of methoxy groups -OCH3 is 1. The lowest BCUT2D eigenvalue weighted by molar-refractivity contribution is -0.282. The van der Waals surface area contributed by atoms with Gasteiger partial charge >= 0.3 is 0 Å². The smallest absolute Gasteiger partial charge is 0.215 e. The van der Waals surface area contributed by atoms with Crippen molar-refractivity contribution in [1.29, 1.82) is 0 Å². The SMILES string of the molecule is C.C.CCC(CO)OC(CO)(CO)OC. The second kappa shape index (κ2) is 10.3. The molecule has 0 aliphatic rings. The van der Waals surface area contributed by atoms with Gasteiger partial charge in [0.25, 0.3) is 0 Å². The minimum Gasteiger partial charge on any atom is -0.394 e. The van der Waals surface area contributed by atoms with Gasteiger partial charge < -0.3 is 24.8 Å². The van der Waals surface area contributed by atoms with E-state index in [2.05, 4.69) is 0 Å². The van der Waals surface area contributed by atoms with E-state index in [-0.39, 0.29) is 21.5 Å². The summed E-state index contributed by atoms with van der Waals surface area (Å²) in [5.74, 6) is -1.40. The van der Waals surface area contributed by atoms with Gasteiger partial charge in [-0.25, -0.2) is 0 Å². The van der Waals surface area contributed by atoms with E-state index in [0.717, 1.165) is 0 Å². The van der Waals surface area contributed by atoms with Crippen molar-refractivity contribution in [3.8, 4) is 0 Å². The van der Waals surface area contributed by atoms with Gasteiger partial charge in [0.15, 0.2) is 0 Å². The van der Waals surface area contributed by atoms with Crippen molar-refractivity contribution in [1.82, 2.24) is 0 Å². The van der Waals surface area contributed by atoms with E-state index in [1.54, 1.807) is 0 Å². The lowest BCUT2D eigenvalue weighted by Crippen LogP contribution is -2.46. The average molecular weight is 226 g/mol. The molecule has 15 heavy (non-hydrogen) atoms. The van der Waals surface area contributed by atoms with Crippen molar-refractivity contribution in [3.63, 3.8) is 0 Å². The quantitative estimate of drug-likeness (QED) is 0.547. The highest BCUT2D eigenvalue weighted by atomic mass is 16.7. The van der Waals surface area contributed by atoms with Gasteiger partial charge in [-0.2, -0.15) is 0 Å². The van der Waals surface area contributed by atoms with Crippen LogP contribution >= 0.6 is 0 Å². The van der Waals surface area contributed by atoms with E-state index in [4.69, 9.17) is 24.8 Å². The van der Waals surface area contributed by atoms with Crippen molar-refractivity contribution in [3.05, 3.63) is 0 Å². The van der Waals surface area contributed by atoms with Gasteiger partial charge in [0.1, 0.15) is 0 Å². The van der Waals surface area contributed by atoms with Crippen molar-refractivity contribution in [2.24, 2.45) is 0 Å².